The van der Waals surface area contributed by atoms with E-state index in [1.165, 1.54) is 0 Å². The van der Waals surface area contributed by atoms with Crippen LogP contribution in [0.25, 0.3) is 0 Å². The number of nitrogens with zero attached hydrogens (tertiary/aromatic N) is 3. The van der Waals surface area contributed by atoms with Gasteiger partial charge in [0, 0.05) is 13.5 Å². The summed E-state index contributed by atoms with van der Waals surface area (Å²) in [6.07, 6.45) is 2.37. The number of rotatable bonds is 7. The summed E-state index contributed by atoms with van der Waals surface area (Å²) in [7, 11) is 1.79. The predicted octanol–water partition coefficient (Wildman–Crippen LogP) is 1.27. The molecule has 1 amide bonds. The van der Waals surface area contributed by atoms with Crippen molar-refractivity contribution in [3.63, 3.8) is 0 Å². The van der Waals surface area contributed by atoms with Crippen LogP contribution in [0, 0.1) is 5.41 Å². The molecule has 1 aromatic heterocycles. The van der Waals surface area contributed by atoms with E-state index in [1.54, 1.807) is 38.7 Å². The van der Waals surface area contributed by atoms with E-state index in [1.807, 2.05) is 0 Å². The minimum absolute atomic E-state index is 0.0302. The number of carbonyl (C=O) groups excluding carboxylic acids is 1. The number of nitrogens with one attached hydrogen (secondary N) is 1. The highest BCUT2D eigenvalue weighted by Gasteiger charge is 2.37. The highest BCUT2D eigenvalue weighted by atomic mass is 16.4. The first-order valence-corrected chi connectivity index (χ1v) is 6.73. The largest absolute Gasteiger partial charge is 0.481 e. The van der Waals surface area contributed by atoms with Gasteiger partial charge in [0.05, 0.1) is 11.5 Å². The Morgan fingerprint density at radius 1 is 1.45 bits per heavy atom. The fourth-order valence-corrected chi connectivity index (χ4v) is 2.23. The third-order valence-electron chi connectivity index (χ3n) is 3.82. The first-order chi connectivity index (χ1) is 9.36. The highest BCUT2D eigenvalue weighted by Crippen LogP contribution is 2.31. The SMILES string of the molecule is CCC(CC)(CC(=O)NC(C)c1nncn1C)C(=O)O. The molecule has 0 aromatic carbocycles. The van der Waals surface area contributed by atoms with E-state index in [0.717, 1.165) is 0 Å². The van der Waals surface area contributed by atoms with Gasteiger partial charge in [-0.2, -0.15) is 0 Å². The van der Waals surface area contributed by atoms with Crippen molar-refractivity contribution in [1.29, 1.82) is 0 Å². The van der Waals surface area contributed by atoms with Crippen LogP contribution in [0.15, 0.2) is 6.33 Å². The van der Waals surface area contributed by atoms with Crippen molar-refractivity contribution in [2.24, 2.45) is 12.5 Å². The molecule has 0 spiro atoms. The molecule has 0 fully saturated rings. The fraction of sp³-hybridized carbons (Fsp3) is 0.692. The van der Waals surface area contributed by atoms with Crippen LogP contribution in [0.1, 0.15) is 51.9 Å². The number of aliphatic carboxylic acids is 1. The van der Waals surface area contributed by atoms with E-state index in [0.29, 0.717) is 18.7 Å². The molecule has 2 N–H and O–H groups in total. The predicted molar refractivity (Wildman–Crippen MR) is 72.8 cm³/mol. The zero-order chi connectivity index (χ0) is 15.3. The molecule has 7 nitrogen and oxygen atoms in total. The lowest BCUT2D eigenvalue weighted by Crippen LogP contribution is -2.38. The fourth-order valence-electron chi connectivity index (χ4n) is 2.23. The molecule has 0 saturated heterocycles. The molecule has 1 unspecified atom stereocenters. The van der Waals surface area contributed by atoms with E-state index in [-0.39, 0.29) is 18.4 Å². The zero-order valence-corrected chi connectivity index (χ0v) is 12.4. The minimum atomic E-state index is -0.996. The summed E-state index contributed by atoms with van der Waals surface area (Å²) in [6, 6.07) is -0.310. The third kappa shape index (κ3) is 3.34. The van der Waals surface area contributed by atoms with Crippen molar-refractivity contribution < 1.29 is 14.7 Å². The smallest absolute Gasteiger partial charge is 0.310 e. The normalized spacial score (nSPS) is 13.0. The third-order valence-corrected chi connectivity index (χ3v) is 3.82. The van der Waals surface area contributed by atoms with E-state index in [4.69, 9.17) is 0 Å². The van der Waals surface area contributed by atoms with Crippen molar-refractivity contribution in [1.82, 2.24) is 20.1 Å². The molecule has 0 aliphatic heterocycles. The maximum absolute atomic E-state index is 12.1. The Labute approximate surface area is 118 Å². The van der Waals surface area contributed by atoms with Gasteiger partial charge in [-0.1, -0.05) is 13.8 Å². The van der Waals surface area contributed by atoms with Crippen LogP contribution in [0.4, 0.5) is 0 Å². The summed E-state index contributed by atoms with van der Waals surface area (Å²) < 4.78 is 1.72. The van der Waals surface area contributed by atoms with Crippen molar-refractivity contribution in [2.75, 3.05) is 0 Å². The van der Waals surface area contributed by atoms with E-state index < -0.39 is 11.4 Å². The van der Waals surface area contributed by atoms with E-state index in [2.05, 4.69) is 15.5 Å². The quantitative estimate of drug-likeness (QED) is 0.785. The maximum Gasteiger partial charge on any atom is 0.310 e. The molecule has 1 atom stereocenters. The Kier molecular flexibility index (Phi) is 5.24. The number of hydrogen-bond acceptors (Lipinski definition) is 4. The van der Waals surface area contributed by atoms with Crippen LogP contribution < -0.4 is 5.32 Å². The molecule has 1 rings (SSSR count). The van der Waals surface area contributed by atoms with Gasteiger partial charge in [0.25, 0.3) is 0 Å². The number of hydrogen-bond donors (Lipinski definition) is 2. The van der Waals surface area contributed by atoms with Crippen molar-refractivity contribution in [3.8, 4) is 0 Å². The summed E-state index contributed by atoms with van der Waals surface area (Å²) in [6.45, 7) is 5.37. The van der Waals surface area contributed by atoms with Gasteiger partial charge in [-0.3, -0.25) is 9.59 Å². The van der Waals surface area contributed by atoms with Crippen molar-refractivity contribution >= 4 is 11.9 Å². The molecule has 0 aliphatic carbocycles. The van der Waals surface area contributed by atoms with Gasteiger partial charge < -0.3 is 15.0 Å². The summed E-state index contributed by atoms with van der Waals surface area (Å²) in [5.41, 5.74) is -0.996. The van der Waals surface area contributed by atoms with Gasteiger partial charge in [0.1, 0.15) is 6.33 Å². The monoisotopic (exact) mass is 282 g/mol. The minimum Gasteiger partial charge on any atom is -0.481 e. The zero-order valence-electron chi connectivity index (χ0n) is 12.4. The van der Waals surface area contributed by atoms with Gasteiger partial charge in [-0.05, 0) is 19.8 Å². The van der Waals surface area contributed by atoms with Crippen LogP contribution in [0.3, 0.4) is 0 Å². The molecule has 0 bridgehead atoms. The van der Waals surface area contributed by atoms with Crippen LogP contribution in [0.2, 0.25) is 0 Å². The lowest BCUT2D eigenvalue weighted by molar-refractivity contribution is -0.152. The van der Waals surface area contributed by atoms with Crippen LogP contribution >= 0.6 is 0 Å². The highest BCUT2D eigenvalue weighted by molar-refractivity contribution is 5.85. The van der Waals surface area contributed by atoms with Crippen molar-refractivity contribution in [2.45, 2.75) is 46.1 Å². The molecular formula is C13H22N4O3. The van der Waals surface area contributed by atoms with Gasteiger partial charge in [0.15, 0.2) is 5.82 Å². The van der Waals surface area contributed by atoms with Crippen LogP contribution in [0.5, 0.6) is 0 Å². The first kappa shape index (κ1) is 16.1. The topological polar surface area (TPSA) is 97.1 Å². The molecular weight excluding hydrogens is 260 g/mol. The van der Waals surface area contributed by atoms with E-state index in [9.17, 15) is 14.7 Å². The standard InChI is InChI=1S/C13H22N4O3/c1-5-13(6-2,12(19)20)7-10(18)15-9(3)11-16-14-8-17(11)4/h8-9H,5-7H2,1-4H3,(H,15,18)(H,19,20). The maximum atomic E-state index is 12.1. The Balaban J connectivity index is 2.72. The number of carboxylic acid groups (broad SMARTS) is 1. The molecule has 7 heteroatoms. The van der Waals surface area contributed by atoms with E-state index >= 15 is 0 Å². The molecule has 112 valence electrons. The average Bonchev–Trinajstić information content (AvgIpc) is 2.82. The van der Waals surface area contributed by atoms with Gasteiger partial charge in [-0.15, -0.1) is 10.2 Å². The second-order valence-corrected chi connectivity index (χ2v) is 5.06. The molecule has 1 heterocycles. The number of amides is 1. The summed E-state index contributed by atoms with van der Waals surface area (Å²) in [5, 5.41) is 19.8. The number of carbonyl (C=O) groups is 2. The Morgan fingerprint density at radius 2 is 2.05 bits per heavy atom. The number of aryl methyl sites for hydroxylation is 1. The number of carboxylic acids is 1. The van der Waals surface area contributed by atoms with Crippen LogP contribution in [-0.4, -0.2) is 31.7 Å². The molecule has 20 heavy (non-hydrogen) atoms. The molecule has 0 radical (unpaired) electrons. The van der Waals surface area contributed by atoms with Gasteiger partial charge in [-0.25, -0.2) is 0 Å². The lowest BCUT2D eigenvalue weighted by atomic mass is 9.79. The Morgan fingerprint density at radius 3 is 2.45 bits per heavy atom. The Hall–Kier alpha value is -1.92. The summed E-state index contributed by atoms with van der Waals surface area (Å²) >= 11 is 0. The number of aromatic nitrogens is 3. The summed E-state index contributed by atoms with van der Waals surface area (Å²) in [4.78, 5) is 23.4. The second-order valence-electron chi connectivity index (χ2n) is 5.06. The van der Waals surface area contributed by atoms with Crippen LogP contribution in [-0.2, 0) is 16.6 Å². The lowest BCUT2D eigenvalue weighted by Gasteiger charge is -2.26. The summed E-state index contributed by atoms with van der Waals surface area (Å²) in [5.74, 6) is -0.581. The van der Waals surface area contributed by atoms with Crippen molar-refractivity contribution in [3.05, 3.63) is 12.2 Å². The van der Waals surface area contributed by atoms with Gasteiger partial charge in [0.2, 0.25) is 5.91 Å². The second kappa shape index (κ2) is 6.49. The first-order valence-electron chi connectivity index (χ1n) is 6.73. The molecule has 1 aromatic rings. The Bertz CT molecular complexity index is 480. The average molecular weight is 282 g/mol. The molecule has 0 aliphatic rings. The molecule has 0 saturated carbocycles. The van der Waals surface area contributed by atoms with Gasteiger partial charge >= 0.3 is 5.97 Å².